The van der Waals surface area contributed by atoms with Crippen molar-refractivity contribution in [1.82, 2.24) is 0 Å². The van der Waals surface area contributed by atoms with E-state index < -0.39 is 17.3 Å². The molecule has 14 heavy (non-hydrogen) atoms. The number of nitriles is 1. The van der Waals surface area contributed by atoms with Crippen LogP contribution in [0.25, 0.3) is 0 Å². The van der Waals surface area contributed by atoms with Gasteiger partial charge >= 0.3 is 6.18 Å². The van der Waals surface area contributed by atoms with Crippen LogP contribution in [0.5, 0.6) is 0 Å². The van der Waals surface area contributed by atoms with E-state index in [9.17, 15) is 13.2 Å². The second kappa shape index (κ2) is 5.25. The monoisotopic (exact) mass is 202 g/mol. The summed E-state index contributed by atoms with van der Waals surface area (Å²) in [5, 5.41) is 8.47. The summed E-state index contributed by atoms with van der Waals surface area (Å²) < 4.78 is 36.7. The van der Waals surface area contributed by atoms with Crippen LogP contribution < -0.4 is 5.73 Å². The Hall–Kier alpha value is -1.54. The third kappa shape index (κ3) is 3.46. The molecule has 0 aromatic rings. The van der Waals surface area contributed by atoms with E-state index in [1.54, 1.807) is 0 Å². The zero-order chi connectivity index (χ0) is 11.2. The van der Waals surface area contributed by atoms with E-state index in [1.807, 2.05) is 0 Å². The first-order valence-corrected chi connectivity index (χ1v) is 3.68. The lowest BCUT2D eigenvalue weighted by molar-refractivity contribution is -0.0885. The number of nitrogens with zero attached hydrogens (tertiary/aromatic N) is 1. The van der Waals surface area contributed by atoms with Crippen LogP contribution in [0, 0.1) is 11.3 Å². The van der Waals surface area contributed by atoms with Gasteiger partial charge in [-0.2, -0.15) is 18.4 Å². The van der Waals surface area contributed by atoms with Gasteiger partial charge in [-0.1, -0.05) is 18.7 Å². The Morgan fingerprint density at radius 1 is 1.50 bits per heavy atom. The molecule has 0 atom stereocenters. The zero-order valence-electron chi connectivity index (χ0n) is 7.30. The summed E-state index contributed by atoms with van der Waals surface area (Å²) in [5.41, 5.74) is 3.52. The molecule has 0 amide bonds. The van der Waals surface area contributed by atoms with Gasteiger partial charge in [0.2, 0.25) is 0 Å². The second-order valence-corrected chi connectivity index (χ2v) is 2.28. The number of rotatable bonds is 3. The van der Waals surface area contributed by atoms with Gasteiger partial charge in [0.15, 0.2) is 0 Å². The molecular weight excluding hydrogens is 193 g/mol. The Bertz CT molecular complexity index is 305. The normalized spacial score (nSPS) is 13.6. The Balaban J connectivity index is 5.27. The van der Waals surface area contributed by atoms with Crippen molar-refractivity contribution in [3.8, 4) is 6.07 Å². The molecular formula is C9H9F3N2. The molecule has 0 aliphatic heterocycles. The van der Waals surface area contributed by atoms with Crippen molar-refractivity contribution in [1.29, 1.82) is 5.26 Å². The van der Waals surface area contributed by atoms with Gasteiger partial charge in [-0.15, -0.1) is 0 Å². The molecule has 2 nitrogen and oxygen atoms in total. The highest BCUT2D eigenvalue weighted by molar-refractivity contribution is 5.44. The van der Waals surface area contributed by atoms with E-state index >= 15 is 0 Å². The van der Waals surface area contributed by atoms with Crippen LogP contribution >= 0.6 is 0 Å². The summed E-state index contributed by atoms with van der Waals surface area (Å²) in [7, 11) is 0. The number of alkyl halides is 3. The Morgan fingerprint density at radius 2 is 2.07 bits per heavy atom. The van der Waals surface area contributed by atoms with Crippen molar-refractivity contribution in [3.05, 3.63) is 36.0 Å². The van der Waals surface area contributed by atoms with Gasteiger partial charge in [0, 0.05) is 6.54 Å². The molecule has 76 valence electrons. The number of nitrogens with two attached hydrogens (primary N) is 1. The van der Waals surface area contributed by atoms with Crippen molar-refractivity contribution < 1.29 is 13.2 Å². The minimum absolute atomic E-state index is 0.0768. The summed E-state index contributed by atoms with van der Waals surface area (Å²) in [4.78, 5) is 0. The lowest BCUT2D eigenvalue weighted by atomic mass is 10.1. The zero-order valence-corrected chi connectivity index (χ0v) is 7.30. The van der Waals surface area contributed by atoms with Crippen LogP contribution in [0.2, 0.25) is 0 Å². The average Bonchev–Trinajstić information content (AvgIpc) is 2.09. The van der Waals surface area contributed by atoms with Crippen molar-refractivity contribution in [3.63, 3.8) is 0 Å². The number of hydrogen-bond donors (Lipinski definition) is 1. The van der Waals surface area contributed by atoms with Crippen molar-refractivity contribution >= 4 is 0 Å². The highest BCUT2D eigenvalue weighted by Gasteiger charge is 2.33. The first-order chi connectivity index (χ1) is 6.47. The van der Waals surface area contributed by atoms with Crippen molar-refractivity contribution in [2.75, 3.05) is 6.54 Å². The summed E-state index contributed by atoms with van der Waals surface area (Å²) in [6.45, 7) is 3.09. The SMILES string of the molecule is C=C/C(=C(C#N)\C=C/CN)C(F)(F)F. The van der Waals surface area contributed by atoms with E-state index in [1.165, 1.54) is 12.1 Å². The van der Waals surface area contributed by atoms with Gasteiger partial charge < -0.3 is 5.73 Å². The van der Waals surface area contributed by atoms with Gasteiger partial charge in [-0.25, -0.2) is 0 Å². The molecule has 0 aliphatic carbocycles. The minimum atomic E-state index is -4.56. The molecule has 5 heteroatoms. The standard InChI is InChI=1S/C9H9F3N2/c1-2-8(9(10,11)12)7(6-14)4-3-5-13/h2-4H,1,5,13H2/b4-3-,8-7-. The maximum Gasteiger partial charge on any atom is 0.417 e. The number of hydrogen-bond acceptors (Lipinski definition) is 2. The average molecular weight is 202 g/mol. The van der Waals surface area contributed by atoms with Crippen LogP contribution in [-0.2, 0) is 0 Å². The van der Waals surface area contributed by atoms with Crippen molar-refractivity contribution in [2.24, 2.45) is 5.73 Å². The number of halogens is 3. The number of allylic oxidation sites excluding steroid dienone is 4. The molecule has 0 heterocycles. The van der Waals surface area contributed by atoms with E-state index in [0.717, 1.165) is 6.08 Å². The Morgan fingerprint density at radius 3 is 2.36 bits per heavy atom. The fourth-order valence-electron chi connectivity index (χ4n) is 0.752. The first-order valence-electron chi connectivity index (χ1n) is 3.68. The van der Waals surface area contributed by atoms with Crippen LogP contribution in [0.15, 0.2) is 36.0 Å². The first kappa shape index (κ1) is 12.5. The summed E-state index contributed by atoms with van der Waals surface area (Å²) in [6, 6.07) is 1.44. The lowest BCUT2D eigenvalue weighted by Gasteiger charge is -2.07. The molecule has 0 rings (SSSR count). The third-order valence-corrected chi connectivity index (χ3v) is 1.34. The molecule has 0 unspecified atom stereocenters. The van der Waals surface area contributed by atoms with Gasteiger partial charge in [-0.3, -0.25) is 0 Å². The molecule has 0 fully saturated rings. The summed E-state index contributed by atoms with van der Waals surface area (Å²) >= 11 is 0. The van der Waals surface area contributed by atoms with E-state index in [-0.39, 0.29) is 6.54 Å². The Kier molecular flexibility index (Phi) is 4.67. The van der Waals surface area contributed by atoms with Crippen LogP contribution in [0.1, 0.15) is 0 Å². The smallest absolute Gasteiger partial charge is 0.327 e. The molecule has 0 aliphatic rings. The van der Waals surface area contributed by atoms with Crippen molar-refractivity contribution in [2.45, 2.75) is 6.18 Å². The molecule has 0 aromatic carbocycles. The van der Waals surface area contributed by atoms with Crippen LogP contribution in [0.4, 0.5) is 13.2 Å². The van der Waals surface area contributed by atoms with E-state index in [0.29, 0.717) is 6.08 Å². The van der Waals surface area contributed by atoms with Gasteiger partial charge in [0.1, 0.15) is 0 Å². The molecule has 0 saturated carbocycles. The third-order valence-electron chi connectivity index (χ3n) is 1.34. The molecule has 0 saturated heterocycles. The predicted octanol–water partition coefficient (Wildman–Crippen LogP) is 2.07. The second-order valence-electron chi connectivity index (χ2n) is 2.28. The maximum atomic E-state index is 12.2. The highest BCUT2D eigenvalue weighted by Crippen LogP contribution is 2.29. The van der Waals surface area contributed by atoms with Gasteiger partial charge in [-0.05, 0) is 6.08 Å². The Labute approximate surface area is 79.8 Å². The fraction of sp³-hybridized carbons (Fsp3) is 0.222. The van der Waals surface area contributed by atoms with E-state index in [2.05, 4.69) is 6.58 Å². The predicted molar refractivity (Wildman–Crippen MR) is 47.1 cm³/mol. The summed E-state index contributed by atoms with van der Waals surface area (Å²) in [6.07, 6.45) is -1.65. The fourth-order valence-corrected chi connectivity index (χ4v) is 0.752. The molecule has 0 bridgehead atoms. The molecule has 2 N–H and O–H groups in total. The van der Waals surface area contributed by atoms with Crippen LogP contribution in [0.3, 0.4) is 0 Å². The lowest BCUT2D eigenvalue weighted by Crippen LogP contribution is -2.11. The van der Waals surface area contributed by atoms with Crippen LogP contribution in [-0.4, -0.2) is 12.7 Å². The highest BCUT2D eigenvalue weighted by atomic mass is 19.4. The topological polar surface area (TPSA) is 49.8 Å². The van der Waals surface area contributed by atoms with Gasteiger partial charge in [0.25, 0.3) is 0 Å². The minimum Gasteiger partial charge on any atom is -0.327 e. The largest absolute Gasteiger partial charge is 0.417 e. The maximum absolute atomic E-state index is 12.2. The van der Waals surface area contributed by atoms with E-state index in [4.69, 9.17) is 11.0 Å². The summed E-state index contributed by atoms with van der Waals surface area (Å²) in [5.74, 6) is 0. The van der Waals surface area contributed by atoms with Gasteiger partial charge in [0.05, 0.1) is 17.2 Å². The molecule has 0 spiro atoms. The molecule has 0 aromatic heterocycles. The quantitative estimate of drug-likeness (QED) is 0.562. The molecule has 0 radical (unpaired) electrons.